The molecule has 0 heterocycles. The molecule has 0 aliphatic carbocycles. The first-order valence-electron chi connectivity index (χ1n) is 6.36. The van der Waals surface area contributed by atoms with Crippen molar-refractivity contribution >= 4 is 22.7 Å². The zero-order chi connectivity index (χ0) is 15.4. The number of nitrogens with one attached hydrogen (secondary N) is 1. The van der Waals surface area contributed by atoms with Crippen molar-refractivity contribution in [3.63, 3.8) is 0 Å². The fourth-order valence-corrected chi connectivity index (χ4v) is 2.20. The summed E-state index contributed by atoms with van der Waals surface area (Å²) in [5.41, 5.74) is 2.84. The van der Waals surface area contributed by atoms with E-state index in [1.807, 2.05) is 0 Å². The minimum absolute atomic E-state index is 0.173. The lowest BCUT2D eigenvalue weighted by atomic mass is 10.2. The summed E-state index contributed by atoms with van der Waals surface area (Å²) in [5, 5.41) is 11.3. The molecule has 0 aliphatic heterocycles. The number of nitrogen functional groups attached to an aromatic ring is 1. The van der Waals surface area contributed by atoms with Gasteiger partial charge in [0.15, 0.2) is 0 Å². The van der Waals surface area contributed by atoms with Crippen molar-refractivity contribution in [2.24, 2.45) is 5.84 Å². The van der Waals surface area contributed by atoms with Crippen molar-refractivity contribution in [3.8, 4) is 0 Å². The van der Waals surface area contributed by atoms with Crippen molar-refractivity contribution in [2.45, 2.75) is 6.92 Å². The van der Waals surface area contributed by atoms with Crippen LogP contribution in [0.25, 0.3) is 0 Å². The molecule has 0 bridgehead atoms. The van der Waals surface area contributed by atoms with Gasteiger partial charge in [-0.3, -0.25) is 16.0 Å². The lowest BCUT2D eigenvalue weighted by Gasteiger charge is -2.24. The van der Waals surface area contributed by atoms with Crippen LogP contribution in [0.2, 0.25) is 0 Å². The summed E-state index contributed by atoms with van der Waals surface area (Å²) < 4.78 is 14.0. The molecule has 7 heteroatoms. The molecule has 3 N–H and O–H groups in total. The van der Waals surface area contributed by atoms with Crippen molar-refractivity contribution in [3.05, 3.63) is 58.4 Å². The van der Waals surface area contributed by atoms with Crippen molar-refractivity contribution in [2.75, 3.05) is 16.9 Å². The van der Waals surface area contributed by atoms with Gasteiger partial charge >= 0.3 is 5.69 Å². The predicted molar refractivity (Wildman–Crippen MR) is 80.0 cm³/mol. The van der Waals surface area contributed by atoms with E-state index in [1.165, 1.54) is 17.0 Å². The maximum absolute atomic E-state index is 14.0. The molecule has 0 radical (unpaired) electrons. The van der Waals surface area contributed by atoms with E-state index in [4.69, 9.17) is 5.84 Å². The molecule has 6 nitrogen and oxygen atoms in total. The number of nitro benzene ring substituents is 1. The van der Waals surface area contributed by atoms with E-state index in [2.05, 4.69) is 5.43 Å². The lowest BCUT2D eigenvalue weighted by molar-refractivity contribution is -0.383. The fraction of sp³-hybridized carbons (Fsp3) is 0.143. The lowest BCUT2D eigenvalue weighted by Crippen LogP contribution is -2.20. The Morgan fingerprint density at radius 2 is 1.90 bits per heavy atom. The number of rotatable bonds is 5. The number of para-hydroxylation sites is 2. The van der Waals surface area contributed by atoms with E-state index in [0.717, 1.165) is 0 Å². The molecule has 21 heavy (non-hydrogen) atoms. The van der Waals surface area contributed by atoms with Crippen molar-refractivity contribution in [1.82, 2.24) is 0 Å². The monoisotopic (exact) mass is 290 g/mol. The summed E-state index contributed by atoms with van der Waals surface area (Å²) in [7, 11) is 0. The van der Waals surface area contributed by atoms with Gasteiger partial charge in [-0.1, -0.05) is 18.2 Å². The van der Waals surface area contributed by atoms with Crippen LogP contribution in [0.1, 0.15) is 6.92 Å². The second-order valence-corrected chi connectivity index (χ2v) is 4.27. The van der Waals surface area contributed by atoms with Crippen LogP contribution in [0, 0.1) is 15.9 Å². The fourth-order valence-electron chi connectivity index (χ4n) is 2.20. The Labute approximate surface area is 121 Å². The predicted octanol–water partition coefficient (Wildman–Crippen LogP) is 3.18. The standard InChI is InChI=1S/C14H15FN4O2/c1-2-18(12-8-4-3-6-10(12)15)13-9-5-7-11(17-16)14(13)19(20)21/h3-9,17H,2,16H2,1H3. The summed E-state index contributed by atoms with van der Waals surface area (Å²) in [5.74, 6) is 4.88. The van der Waals surface area contributed by atoms with E-state index in [-0.39, 0.29) is 22.7 Å². The second-order valence-electron chi connectivity index (χ2n) is 4.27. The maximum atomic E-state index is 14.0. The molecule has 0 amide bonds. The molecule has 0 saturated heterocycles. The zero-order valence-electron chi connectivity index (χ0n) is 11.4. The average Bonchev–Trinajstić information content (AvgIpc) is 2.49. The van der Waals surface area contributed by atoms with Crippen LogP contribution < -0.4 is 16.2 Å². The van der Waals surface area contributed by atoms with E-state index in [0.29, 0.717) is 6.54 Å². The highest BCUT2D eigenvalue weighted by atomic mass is 19.1. The van der Waals surface area contributed by atoms with Crippen LogP contribution >= 0.6 is 0 Å². The van der Waals surface area contributed by atoms with Crippen molar-refractivity contribution < 1.29 is 9.31 Å². The van der Waals surface area contributed by atoms with Crippen LogP contribution in [-0.2, 0) is 0 Å². The molecule has 2 aromatic rings. The quantitative estimate of drug-likeness (QED) is 0.502. The number of nitrogens with zero attached hydrogens (tertiary/aromatic N) is 2. The minimum atomic E-state index is -0.534. The highest BCUT2D eigenvalue weighted by molar-refractivity contribution is 5.81. The van der Waals surface area contributed by atoms with Gasteiger partial charge in [-0.2, -0.15) is 0 Å². The molecular formula is C14H15FN4O2. The Kier molecular flexibility index (Phi) is 4.34. The zero-order valence-corrected chi connectivity index (χ0v) is 11.4. The molecule has 0 unspecified atom stereocenters. The first-order chi connectivity index (χ1) is 10.1. The number of nitrogens with two attached hydrogens (primary N) is 1. The SMILES string of the molecule is CCN(c1ccccc1F)c1cccc(NN)c1[N+](=O)[O-]. The van der Waals surface area contributed by atoms with E-state index in [1.54, 1.807) is 37.3 Å². The van der Waals surface area contributed by atoms with Gasteiger partial charge in [0.05, 0.1) is 10.6 Å². The van der Waals surface area contributed by atoms with Gasteiger partial charge in [0, 0.05) is 6.54 Å². The first kappa shape index (κ1) is 14.7. The molecule has 0 atom stereocenters. The summed E-state index contributed by atoms with van der Waals surface area (Å²) in [6.45, 7) is 2.16. The third kappa shape index (κ3) is 2.77. The number of halogens is 1. The number of nitro groups is 1. The number of hydrogen-bond acceptors (Lipinski definition) is 5. The number of benzene rings is 2. The van der Waals surface area contributed by atoms with Gasteiger partial charge in [-0.05, 0) is 31.2 Å². The van der Waals surface area contributed by atoms with Gasteiger partial charge in [0.2, 0.25) is 0 Å². The third-order valence-corrected chi connectivity index (χ3v) is 3.10. The van der Waals surface area contributed by atoms with Crippen LogP contribution in [0.15, 0.2) is 42.5 Å². The Bertz CT molecular complexity index is 663. The molecule has 0 aromatic heterocycles. The van der Waals surface area contributed by atoms with Gasteiger partial charge in [0.25, 0.3) is 0 Å². The topological polar surface area (TPSA) is 84.4 Å². The van der Waals surface area contributed by atoms with Crippen molar-refractivity contribution in [1.29, 1.82) is 0 Å². The summed E-state index contributed by atoms with van der Waals surface area (Å²) in [4.78, 5) is 12.3. The van der Waals surface area contributed by atoms with Gasteiger partial charge in [-0.15, -0.1) is 0 Å². The van der Waals surface area contributed by atoms with Crippen LogP contribution in [0.4, 0.5) is 27.1 Å². The minimum Gasteiger partial charge on any atom is -0.334 e. The Balaban J connectivity index is 2.63. The largest absolute Gasteiger partial charge is 0.334 e. The smallest absolute Gasteiger partial charge is 0.317 e. The summed E-state index contributed by atoms with van der Waals surface area (Å²) >= 11 is 0. The molecule has 0 aliphatic rings. The Morgan fingerprint density at radius 3 is 2.48 bits per heavy atom. The Hall–Kier alpha value is -2.67. The molecule has 0 saturated carbocycles. The number of hydrazine groups is 1. The van der Waals surface area contributed by atoms with Crippen LogP contribution in [0.5, 0.6) is 0 Å². The van der Waals surface area contributed by atoms with Crippen LogP contribution in [-0.4, -0.2) is 11.5 Å². The van der Waals surface area contributed by atoms with Crippen LogP contribution in [0.3, 0.4) is 0 Å². The number of anilines is 3. The highest BCUT2D eigenvalue weighted by Gasteiger charge is 2.24. The van der Waals surface area contributed by atoms with Gasteiger partial charge in [-0.25, -0.2) is 4.39 Å². The van der Waals surface area contributed by atoms with E-state index >= 15 is 0 Å². The molecule has 0 fully saturated rings. The second kappa shape index (κ2) is 6.19. The molecule has 2 rings (SSSR count). The summed E-state index contributed by atoms with van der Waals surface area (Å²) in [6, 6.07) is 10.8. The van der Waals surface area contributed by atoms with E-state index < -0.39 is 10.7 Å². The van der Waals surface area contributed by atoms with Gasteiger partial charge < -0.3 is 10.3 Å². The van der Waals surface area contributed by atoms with Gasteiger partial charge in [0.1, 0.15) is 17.2 Å². The Morgan fingerprint density at radius 1 is 1.24 bits per heavy atom. The molecule has 0 spiro atoms. The molecule has 110 valence electrons. The first-order valence-corrected chi connectivity index (χ1v) is 6.36. The normalized spacial score (nSPS) is 10.2. The maximum Gasteiger partial charge on any atom is 0.317 e. The summed E-state index contributed by atoms with van der Waals surface area (Å²) in [6.07, 6.45) is 0. The molecular weight excluding hydrogens is 275 g/mol. The highest BCUT2D eigenvalue weighted by Crippen LogP contribution is 2.38. The molecule has 2 aromatic carbocycles. The average molecular weight is 290 g/mol. The van der Waals surface area contributed by atoms with E-state index in [9.17, 15) is 14.5 Å². The number of hydrogen-bond donors (Lipinski definition) is 2. The third-order valence-electron chi connectivity index (χ3n) is 3.10.